The number of unbranched alkanes of at least 4 members (excludes halogenated alkanes) is 1. The van der Waals surface area contributed by atoms with Gasteiger partial charge >= 0.3 is 5.97 Å². The summed E-state index contributed by atoms with van der Waals surface area (Å²) >= 11 is 0. The quantitative estimate of drug-likeness (QED) is 0.805. The summed E-state index contributed by atoms with van der Waals surface area (Å²) in [5, 5.41) is 8.69. The van der Waals surface area contributed by atoms with Crippen molar-refractivity contribution in [3.8, 4) is 0 Å². The Labute approximate surface area is 121 Å². The van der Waals surface area contributed by atoms with Crippen molar-refractivity contribution in [2.24, 2.45) is 0 Å². The Kier molecular flexibility index (Phi) is 5.18. The highest BCUT2D eigenvalue weighted by Gasteiger charge is 2.26. The molecule has 0 aromatic heterocycles. The van der Waals surface area contributed by atoms with Crippen molar-refractivity contribution >= 4 is 5.97 Å². The van der Waals surface area contributed by atoms with Gasteiger partial charge in [-0.05, 0) is 69.3 Å². The molecule has 1 fully saturated rings. The van der Waals surface area contributed by atoms with Crippen LogP contribution in [-0.2, 0) is 4.79 Å². The first-order valence-electron chi connectivity index (χ1n) is 7.61. The van der Waals surface area contributed by atoms with E-state index < -0.39 is 5.97 Å². The minimum Gasteiger partial charge on any atom is -0.481 e. The molecular formula is C17H25NO2. The Hall–Kier alpha value is -1.35. The van der Waals surface area contributed by atoms with Crippen LogP contribution in [0.15, 0.2) is 18.2 Å². The second-order valence-electron chi connectivity index (χ2n) is 5.83. The van der Waals surface area contributed by atoms with Gasteiger partial charge in [0.1, 0.15) is 0 Å². The summed E-state index contributed by atoms with van der Waals surface area (Å²) in [6.07, 6.45) is 4.53. The van der Waals surface area contributed by atoms with Crippen molar-refractivity contribution in [1.29, 1.82) is 0 Å². The molecule has 1 heterocycles. The van der Waals surface area contributed by atoms with E-state index >= 15 is 0 Å². The number of nitrogens with zero attached hydrogens (tertiary/aromatic N) is 1. The fourth-order valence-electron chi connectivity index (χ4n) is 3.17. The smallest absolute Gasteiger partial charge is 0.303 e. The highest BCUT2D eigenvalue weighted by molar-refractivity contribution is 5.66. The summed E-state index contributed by atoms with van der Waals surface area (Å²) in [6, 6.07) is 7.10. The van der Waals surface area contributed by atoms with Crippen LogP contribution in [0.5, 0.6) is 0 Å². The molecule has 0 radical (unpaired) electrons. The molecular weight excluding hydrogens is 250 g/mol. The first-order chi connectivity index (χ1) is 9.59. The number of hydrogen-bond donors (Lipinski definition) is 1. The maximum Gasteiger partial charge on any atom is 0.303 e. The number of carboxylic acids is 1. The first-order valence-corrected chi connectivity index (χ1v) is 7.61. The lowest BCUT2D eigenvalue weighted by atomic mass is 9.96. The van der Waals surface area contributed by atoms with Crippen LogP contribution in [-0.4, -0.2) is 29.1 Å². The molecule has 0 bridgehead atoms. The van der Waals surface area contributed by atoms with Crippen molar-refractivity contribution in [3.05, 3.63) is 34.9 Å². The molecule has 0 amide bonds. The highest BCUT2D eigenvalue weighted by Crippen LogP contribution is 2.34. The maximum absolute atomic E-state index is 10.5. The summed E-state index contributed by atoms with van der Waals surface area (Å²) < 4.78 is 0. The zero-order valence-corrected chi connectivity index (χ0v) is 12.6. The molecule has 0 aliphatic carbocycles. The fourth-order valence-corrected chi connectivity index (χ4v) is 3.17. The highest BCUT2D eigenvalue weighted by atomic mass is 16.4. The summed E-state index contributed by atoms with van der Waals surface area (Å²) in [5.41, 5.74) is 4.23. The summed E-state index contributed by atoms with van der Waals surface area (Å²) in [4.78, 5) is 13.1. The van der Waals surface area contributed by atoms with Gasteiger partial charge in [-0.15, -0.1) is 0 Å². The van der Waals surface area contributed by atoms with Crippen LogP contribution in [0.3, 0.4) is 0 Å². The van der Waals surface area contributed by atoms with Crippen molar-refractivity contribution in [2.45, 2.75) is 52.0 Å². The van der Waals surface area contributed by atoms with Crippen molar-refractivity contribution in [1.82, 2.24) is 4.90 Å². The lowest BCUT2D eigenvalue weighted by molar-refractivity contribution is -0.137. The summed E-state index contributed by atoms with van der Waals surface area (Å²) in [7, 11) is 0. The molecule has 1 atom stereocenters. The molecule has 3 heteroatoms. The Morgan fingerprint density at radius 1 is 1.35 bits per heavy atom. The van der Waals surface area contributed by atoms with Crippen LogP contribution in [0.2, 0.25) is 0 Å². The van der Waals surface area contributed by atoms with E-state index in [1.165, 1.54) is 29.5 Å². The first kappa shape index (κ1) is 15.0. The van der Waals surface area contributed by atoms with Gasteiger partial charge in [0, 0.05) is 12.5 Å². The third kappa shape index (κ3) is 3.60. The van der Waals surface area contributed by atoms with Gasteiger partial charge in [0.2, 0.25) is 0 Å². The van der Waals surface area contributed by atoms with Gasteiger partial charge in [-0.1, -0.05) is 18.2 Å². The summed E-state index contributed by atoms with van der Waals surface area (Å²) in [6.45, 7) is 6.55. The van der Waals surface area contributed by atoms with E-state index in [1.807, 2.05) is 0 Å². The number of carbonyl (C=O) groups is 1. The van der Waals surface area contributed by atoms with Gasteiger partial charge in [0.25, 0.3) is 0 Å². The van der Waals surface area contributed by atoms with Crippen molar-refractivity contribution in [2.75, 3.05) is 13.1 Å². The van der Waals surface area contributed by atoms with Crippen LogP contribution >= 0.6 is 0 Å². The molecule has 110 valence electrons. The van der Waals surface area contributed by atoms with Gasteiger partial charge in [-0.2, -0.15) is 0 Å². The number of aliphatic carboxylic acids is 1. The number of likely N-dealkylation sites (tertiary alicyclic amines) is 1. The molecule has 1 aromatic carbocycles. The predicted molar refractivity (Wildman–Crippen MR) is 81.0 cm³/mol. The molecule has 1 unspecified atom stereocenters. The Morgan fingerprint density at radius 3 is 2.90 bits per heavy atom. The molecule has 1 N–H and O–H groups in total. The Morgan fingerprint density at radius 2 is 2.15 bits per heavy atom. The van der Waals surface area contributed by atoms with E-state index in [-0.39, 0.29) is 0 Å². The normalized spacial score (nSPS) is 19.4. The lowest BCUT2D eigenvalue weighted by Crippen LogP contribution is -2.25. The van der Waals surface area contributed by atoms with Gasteiger partial charge in [-0.25, -0.2) is 0 Å². The number of benzene rings is 1. The number of aryl methyl sites for hydroxylation is 1. The molecule has 0 spiro atoms. The molecule has 2 rings (SSSR count). The topological polar surface area (TPSA) is 40.5 Å². The third-order valence-electron chi connectivity index (χ3n) is 4.46. The molecule has 1 saturated heterocycles. The largest absolute Gasteiger partial charge is 0.481 e. The van der Waals surface area contributed by atoms with Crippen LogP contribution in [0, 0.1) is 13.8 Å². The molecule has 1 aliphatic heterocycles. The minimum atomic E-state index is -0.683. The molecule has 1 aromatic rings. The van der Waals surface area contributed by atoms with Crippen molar-refractivity contribution < 1.29 is 9.90 Å². The lowest BCUT2D eigenvalue weighted by Gasteiger charge is -2.26. The van der Waals surface area contributed by atoms with Gasteiger partial charge in [0.05, 0.1) is 0 Å². The van der Waals surface area contributed by atoms with E-state index in [2.05, 4.69) is 36.9 Å². The van der Waals surface area contributed by atoms with E-state index in [0.29, 0.717) is 12.5 Å². The minimum absolute atomic E-state index is 0.294. The number of carboxylic acid groups (broad SMARTS) is 1. The third-order valence-corrected chi connectivity index (χ3v) is 4.46. The Bertz CT molecular complexity index is 470. The zero-order chi connectivity index (χ0) is 14.5. The molecule has 1 aliphatic rings. The SMILES string of the molecule is Cc1cccc(C2CCCN2CCCCC(=O)O)c1C. The van der Waals surface area contributed by atoms with Crippen LogP contribution in [0.25, 0.3) is 0 Å². The molecule has 0 saturated carbocycles. The molecule has 20 heavy (non-hydrogen) atoms. The number of rotatable bonds is 6. The van der Waals surface area contributed by atoms with Crippen LogP contribution < -0.4 is 0 Å². The van der Waals surface area contributed by atoms with E-state index in [9.17, 15) is 4.79 Å². The maximum atomic E-state index is 10.5. The monoisotopic (exact) mass is 275 g/mol. The summed E-state index contributed by atoms with van der Waals surface area (Å²) in [5.74, 6) is -0.683. The van der Waals surface area contributed by atoms with Gasteiger partial charge < -0.3 is 5.11 Å². The van der Waals surface area contributed by atoms with E-state index in [0.717, 1.165) is 25.9 Å². The predicted octanol–water partition coefficient (Wildman–Crippen LogP) is 3.70. The second kappa shape index (κ2) is 6.89. The standard InChI is InChI=1S/C17H25NO2/c1-13-7-5-8-15(14(13)2)16-9-6-12-18(16)11-4-3-10-17(19)20/h5,7-8,16H,3-4,6,9-12H2,1-2H3,(H,19,20). The van der Waals surface area contributed by atoms with Crippen molar-refractivity contribution in [3.63, 3.8) is 0 Å². The van der Waals surface area contributed by atoms with E-state index in [4.69, 9.17) is 5.11 Å². The van der Waals surface area contributed by atoms with Gasteiger partial charge in [-0.3, -0.25) is 9.69 Å². The fraction of sp³-hybridized carbons (Fsp3) is 0.588. The van der Waals surface area contributed by atoms with E-state index in [1.54, 1.807) is 0 Å². The number of hydrogen-bond acceptors (Lipinski definition) is 2. The average Bonchev–Trinajstić information content (AvgIpc) is 2.86. The Balaban J connectivity index is 1.96. The van der Waals surface area contributed by atoms with Crippen LogP contribution in [0.1, 0.15) is 54.8 Å². The van der Waals surface area contributed by atoms with Crippen LogP contribution in [0.4, 0.5) is 0 Å². The average molecular weight is 275 g/mol. The zero-order valence-electron chi connectivity index (χ0n) is 12.6. The van der Waals surface area contributed by atoms with Gasteiger partial charge in [0.15, 0.2) is 0 Å². The molecule has 3 nitrogen and oxygen atoms in total. The second-order valence-corrected chi connectivity index (χ2v) is 5.83.